The number of carboxylic acids is 1. The standard InChI is InChI=1S/C6H5NO2S/c8-6(9)4-1-2-7-5(10)3-4/h1-3H,(H,7,10)(H,8,9)/p-2. The zero-order valence-electron chi connectivity index (χ0n) is 4.90. The van der Waals surface area contributed by atoms with Gasteiger partial charge in [0.1, 0.15) is 0 Å². The van der Waals surface area contributed by atoms with Gasteiger partial charge in [-0.1, -0.05) is 11.1 Å². The molecule has 0 saturated carbocycles. The summed E-state index contributed by atoms with van der Waals surface area (Å²) in [5.41, 5.74) is 0.0694. The van der Waals surface area contributed by atoms with Crippen LogP contribution in [0.1, 0.15) is 10.4 Å². The van der Waals surface area contributed by atoms with Gasteiger partial charge in [0.25, 0.3) is 0 Å². The molecule has 0 amide bonds. The second-order valence-electron chi connectivity index (χ2n) is 1.67. The molecule has 0 bridgehead atoms. The molecule has 0 atom stereocenters. The fourth-order valence-electron chi connectivity index (χ4n) is 0.536. The fraction of sp³-hybridized carbons (Fsp3) is 0. The molecule has 0 aliphatic carbocycles. The molecule has 0 aliphatic heterocycles. The molecule has 10 heavy (non-hydrogen) atoms. The number of aromatic carboxylic acids is 1. The van der Waals surface area contributed by atoms with Crippen molar-refractivity contribution in [1.29, 1.82) is 0 Å². The van der Waals surface area contributed by atoms with Crippen LogP contribution in [0.3, 0.4) is 0 Å². The second kappa shape index (κ2) is 2.62. The van der Waals surface area contributed by atoms with E-state index in [9.17, 15) is 9.90 Å². The van der Waals surface area contributed by atoms with Crippen LogP contribution in [-0.2, 0) is 12.6 Å². The van der Waals surface area contributed by atoms with Crippen molar-refractivity contribution in [1.82, 2.24) is 4.98 Å². The molecule has 0 aliphatic rings. The number of carbonyl (C=O) groups excluding carboxylic acids is 1. The maximum atomic E-state index is 10.2. The van der Waals surface area contributed by atoms with Gasteiger partial charge >= 0.3 is 0 Å². The van der Waals surface area contributed by atoms with E-state index in [0.29, 0.717) is 0 Å². The second-order valence-corrected chi connectivity index (χ2v) is 2.09. The zero-order chi connectivity index (χ0) is 7.56. The van der Waals surface area contributed by atoms with Crippen molar-refractivity contribution in [2.45, 2.75) is 5.03 Å². The van der Waals surface area contributed by atoms with E-state index in [2.05, 4.69) is 17.6 Å². The van der Waals surface area contributed by atoms with Crippen molar-refractivity contribution in [3.8, 4) is 0 Å². The largest absolute Gasteiger partial charge is 0.760 e. The molecular formula is C6H3NO2S-2. The van der Waals surface area contributed by atoms with Crippen LogP contribution in [0.2, 0.25) is 0 Å². The third-order valence-electron chi connectivity index (χ3n) is 0.971. The highest BCUT2D eigenvalue weighted by Gasteiger charge is 1.88. The molecule has 0 saturated heterocycles. The van der Waals surface area contributed by atoms with Crippen molar-refractivity contribution in [2.24, 2.45) is 0 Å². The maximum Gasteiger partial charge on any atom is 0.0715 e. The number of rotatable bonds is 1. The summed E-state index contributed by atoms with van der Waals surface area (Å²) in [7, 11) is 0. The lowest BCUT2D eigenvalue weighted by Gasteiger charge is -2.06. The summed E-state index contributed by atoms with van der Waals surface area (Å²) in [6, 6.07) is 2.62. The number of pyridine rings is 1. The fourth-order valence-corrected chi connectivity index (χ4v) is 0.724. The molecule has 0 aromatic carbocycles. The summed E-state index contributed by atoms with van der Waals surface area (Å²) < 4.78 is 0. The first-order valence-corrected chi connectivity index (χ1v) is 2.95. The lowest BCUT2D eigenvalue weighted by Crippen LogP contribution is -2.22. The molecule has 52 valence electrons. The Balaban J connectivity index is 3.07. The molecule has 1 aromatic heterocycles. The molecule has 1 aromatic rings. The first kappa shape index (κ1) is 6.95. The third kappa shape index (κ3) is 1.41. The average molecular weight is 153 g/mol. The van der Waals surface area contributed by atoms with Gasteiger partial charge in [-0.15, -0.1) is 0 Å². The highest BCUT2D eigenvalue weighted by atomic mass is 32.1. The average Bonchev–Trinajstić information content (AvgIpc) is 1.88. The molecule has 4 heteroatoms. The minimum absolute atomic E-state index is 0.0694. The molecule has 0 fully saturated rings. The van der Waals surface area contributed by atoms with Gasteiger partial charge in [0.05, 0.1) is 5.97 Å². The number of carbonyl (C=O) groups is 1. The topological polar surface area (TPSA) is 53.0 Å². The minimum Gasteiger partial charge on any atom is -0.760 e. The van der Waals surface area contributed by atoms with E-state index in [0.717, 1.165) is 0 Å². The summed E-state index contributed by atoms with van der Waals surface area (Å²) in [5, 5.41) is 10.4. The van der Waals surface area contributed by atoms with Gasteiger partial charge in [-0.2, -0.15) is 0 Å². The number of hydrogen-bond acceptors (Lipinski definition) is 4. The van der Waals surface area contributed by atoms with E-state index in [4.69, 9.17) is 0 Å². The molecule has 3 nitrogen and oxygen atoms in total. The lowest BCUT2D eigenvalue weighted by molar-refractivity contribution is -0.255. The predicted octanol–water partition coefficient (Wildman–Crippen LogP) is -0.649. The minimum atomic E-state index is -1.23. The summed E-state index contributed by atoms with van der Waals surface area (Å²) in [5.74, 6) is -1.23. The van der Waals surface area contributed by atoms with Crippen LogP contribution in [0.15, 0.2) is 23.4 Å². The summed E-state index contributed by atoms with van der Waals surface area (Å²) in [4.78, 5) is 13.8. The van der Waals surface area contributed by atoms with Gasteiger partial charge in [-0.05, 0) is 11.6 Å². The van der Waals surface area contributed by atoms with Crippen LogP contribution < -0.4 is 5.11 Å². The Morgan fingerprint density at radius 3 is 2.80 bits per heavy atom. The molecule has 0 radical (unpaired) electrons. The van der Waals surface area contributed by atoms with Crippen LogP contribution in [0.4, 0.5) is 0 Å². The summed E-state index contributed by atoms with van der Waals surface area (Å²) in [6.07, 6.45) is 1.34. The van der Waals surface area contributed by atoms with Crippen molar-refractivity contribution in [2.75, 3.05) is 0 Å². The van der Waals surface area contributed by atoms with Crippen molar-refractivity contribution in [3.63, 3.8) is 0 Å². The van der Waals surface area contributed by atoms with Gasteiger partial charge < -0.3 is 22.5 Å². The van der Waals surface area contributed by atoms with Crippen LogP contribution in [0.25, 0.3) is 0 Å². The van der Waals surface area contributed by atoms with Crippen LogP contribution in [0.5, 0.6) is 0 Å². The Hall–Kier alpha value is -1.16. The van der Waals surface area contributed by atoms with Gasteiger partial charge in [0, 0.05) is 6.20 Å². The van der Waals surface area contributed by atoms with Gasteiger partial charge in [0.15, 0.2) is 0 Å². The SMILES string of the molecule is O=C([O-])c1ccnc([S-])c1. The maximum absolute atomic E-state index is 10.2. The van der Waals surface area contributed by atoms with E-state index < -0.39 is 5.97 Å². The van der Waals surface area contributed by atoms with Crippen molar-refractivity contribution >= 4 is 18.6 Å². The summed E-state index contributed by atoms with van der Waals surface area (Å²) in [6.45, 7) is 0. The van der Waals surface area contributed by atoms with Crippen LogP contribution in [0, 0.1) is 0 Å². The lowest BCUT2D eigenvalue weighted by atomic mass is 10.3. The number of hydrogen-bond donors (Lipinski definition) is 0. The van der Waals surface area contributed by atoms with E-state index in [1.165, 1.54) is 18.3 Å². The Labute approximate surface area is 63.1 Å². The Kier molecular flexibility index (Phi) is 1.82. The molecule has 0 spiro atoms. The van der Waals surface area contributed by atoms with Crippen LogP contribution in [-0.4, -0.2) is 11.0 Å². The Morgan fingerprint density at radius 1 is 1.70 bits per heavy atom. The van der Waals surface area contributed by atoms with Gasteiger partial charge in [0.2, 0.25) is 0 Å². The molecule has 1 heterocycles. The van der Waals surface area contributed by atoms with Crippen molar-refractivity contribution in [3.05, 3.63) is 23.9 Å². The first-order valence-electron chi connectivity index (χ1n) is 2.54. The third-order valence-corrected chi connectivity index (χ3v) is 1.19. The summed E-state index contributed by atoms with van der Waals surface area (Å²) >= 11 is 4.62. The molecule has 0 unspecified atom stereocenters. The highest BCUT2D eigenvalue weighted by Crippen LogP contribution is 1.98. The number of aromatic nitrogens is 1. The zero-order valence-corrected chi connectivity index (χ0v) is 5.72. The number of nitrogens with zero attached hydrogens (tertiary/aromatic N) is 1. The highest BCUT2D eigenvalue weighted by molar-refractivity contribution is 7.58. The molecular weight excluding hydrogens is 150 g/mol. The van der Waals surface area contributed by atoms with E-state index in [-0.39, 0.29) is 10.6 Å². The molecule has 1 rings (SSSR count). The smallest absolute Gasteiger partial charge is 0.0715 e. The predicted molar refractivity (Wildman–Crippen MR) is 34.2 cm³/mol. The normalized spacial score (nSPS) is 9.20. The van der Waals surface area contributed by atoms with Gasteiger partial charge in [-0.3, -0.25) is 4.98 Å². The van der Waals surface area contributed by atoms with Crippen molar-refractivity contribution < 1.29 is 9.90 Å². The van der Waals surface area contributed by atoms with Gasteiger partial charge in [-0.25, -0.2) is 0 Å². The monoisotopic (exact) mass is 153 g/mol. The van der Waals surface area contributed by atoms with E-state index in [1.807, 2.05) is 0 Å². The Morgan fingerprint density at radius 2 is 2.40 bits per heavy atom. The quantitative estimate of drug-likeness (QED) is 0.503. The molecule has 0 N–H and O–H groups in total. The van der Waals surface area contributed by atoms with E-state index in [1.54, 1.807) is 0 Å². The van der Waals surface area contributed by atoms with E-state index >= 15 is 0 Å². The number of carboxylic acid groups (broad SMARTS) is 1. The first-order chi connectivity index (χ1) is 4.70. The van der Waals surface area contributed by atoms with Crippen LogP contribution >= 0.6 is 0 Å². The Bertz CT molecular complexity index is 262.